The summed E-state index contributed by atoms with van der Waals surface area (Å²) in [6, 6.07) is 0. The number of hydrogen-bond donors (Lipinski definition) is 0. The van der Waals surface area contributed by atoms with Crippen LogP contribution in [-0.4, -0.2) is 73.9 Å². The van der Waals surface area contributed by atoms with Crippen LogP contribution in [0, 0.1) is 0 Å². The average molecular weight is 272 g/mol. The molecule has 2 rings (SSSR count). The van der Waals surface area contributed by atoms with Gasteiger partial charge in [0.25, 0.3) is 0 Å². The molecule has 2 aliphatic rings. The highest BCUT2D eigenvalue weighted by molar-refractivity contribution is 4.75. The van der Waals surface area contributed by atoms with E-state index in [2.05, 4.69) is 37.5 Å². The van der Waals surface area contributed by atoms with Crippen LogP contribution in [0.5, 0.6) is 0 Å². The highest BCUT2D eigenvalue weighted by Gasteiger charge is 2.28. The molecule has 112 valence electrons. The Hall–Kier alpha value is -0.200. The molecule has 4 unspecified atom stereocenters. The number of hydrogen-bond acceptors (Lipinski definition) is 5. The zero-order valence-corrected chi connectivity index (χ0v) is 12.7. The van der Waals surface area contributed by atoms with Gasteiger partial charge in [0, 0.05) is 26.2 Å². The van der Waals surface area contributed by atoms with Crippen LogP contribution in [0.2, 0.25) is 0 Å². The first-order valence-corrected chi connectivity index (χ1v) is 7.43. The maximum atomic E-state index is 6.17. The van der Waals surface area contributed by atoms with Crippen molar-refractivity contribution in [2.24, 2.45) is 0 Å². The Bertz CT molecular complexity index is 261. The summed E-state index contributed by atoms with van der Waals surface area (Å²) >= 11 is 0. The van der Waals surface area contributed by atoms with E-state index in [9.17, 15) is 0 Å². The zero-order chi connectivity index (χ0) is 13.8. The molecule has 0 aliphatic carbocycles. The lowest BCUT2D eigenvalue weighted by molar-refractivity contribution is -0.183. The van der Waals surface area contributed by atoms with Crippen molar-refractivity contribution in [1.82, 2.24) is 9.80 Å². The highest BCUT2D eigenvalue weighted by Crippen LogP contribution is 2.16. The maximum absolute atomic E-state index is 6.17. The Morgan fingerprint density at radius 3 is 2.05 bits per heavy atom. The summed E-state index contributed by atoms with van der Waals surface area (Å²) in [5, 5.41) is 0. The van der Waals surface area contributed by atoms with Crippen LogP contribution in [0.1, 0.15) is 27.7 Å². The van der Waals surface area contributed by atoms with E-state index in [1.165, 1.54) is 0 Å². The van der Waals surface area contributed by atoms with E-state index >= 15 is 0 Å². The Morgan fingerprint density at radius 1 is 0.947 bits per heavy atom. The highest BCUT2D eigenvalue weighted by atomic mass is 16.5. The van der Waals surface area contributed by atoms with Gasteiger partial charge in [-0.05, 0) is 27.7 Å². The van der Waals surface area contributed by atoms with Crippen molar-refractivity contribution in [3.8, 4) is 0 Å². The normalized spacial score (nSPS) is 34.1. The van der Waals surface area contributed by atoms with E-state index in [1.807, 2.05) is 0 Å². The molecule has 5 heteroatoms. The van der Waals surface area contributed by atoms with Crippen molar-refractivity contribution in [1.29, 1.82) is 0 Å². The Morgan fingerprint density at radius 2 is 1.47 bits per heavy atom. The second-order valence-electron chi connectivity index (χ2n) is 5.69. The molecule has 2 heterocycles. The number of ether oxygens (including phenoxy) is 3. The third-order valence-electron chi connectivity index (χ3n) is 3.92. The standard InChI is InChI=1S/C14H28N2O3/c1-11-9-16(10-12(2)18-11)14(4)19-13(3)15-5-7-17-8-6-15/h11-14H,5-10H2,1-4H3. The Balaban J connectivity index is 1.80. The monoisotopic (exact) mass is 272 g/mol. The van der Waals surface area contributed by atoms with Gasteiger partial charge in [0.05, 0.1) is 25.4 Å². The summed E-state index contributed by atoms with van der Waals surface area (Å²) in [7, 11) is 0. The second-order valence-corrected chi connectivity index (χ2v) is 5.69. The van der Waals surface area contributed by atoms with Crippen molar-refractivity contribution in [3.63, 3.8) is 0 Å². The minimum absolute atomic E-state index is 0.131. The predicted octanol–water partition coefficient (Wildman–Crippen LogP) is 1.14. The first kappa shape index (κ1) is 15.2. The van der Waals surface area contributed by atoms with Gasteiger partial charge in [0.2, 0.25) is 0 Å². The predicted molar refractivity (Wildman–Crippen MR) is 74.0 cm³/mol. The topological polar surface area (TPSA) is 34.2 Å². The van der Waals surface area contributed by atoms with Crippen LogP contribution in [0.15, 0.2) is 0 Å². The van der Waals surface area contributed by atoms with E-state index in [1.54, 1.807) is 0 Å². The van der Waals surface area contributed by atoms with Gasteiger partial charge in [-0.3, -0.25) is 9.80 Å². The molecule has 0 aromatic carbocycles. The Kier molecular flexibility index (Phi) is 5.59. The van der Waals surface area contributed by atoms with Gasteiger partial charge < -0.3 is 14.2 Å². The molecule has 2 saturated heterocycles. The molecule has 2 fully saturated rings. The number of morpholine rings is 2. The molecule has 0 bridgehead atoms. The smallest absolute Gasteiger partial charge is 0.110 e. The van der Waals surface area contributed by atoms with Crippen LogP contribution in [0.25, 0.3) is 0 Å². The maximum Gasteiger partial charge on any atom is 0.110 e. The van der Waals surface area contributed by atoms with E-state index in [0.717, 1.165) is 39.4 Å². The summed E-state index contributed by atoms with van der Waals surface area (Å²) in [6.45, 7) is 14.0. The summed E-state index contributed by atoms with van der Waals surface area (Å²) < 4.78 is 17.3. The quantitative estimate of drug-likeness (QED) is 0.766. The largest absolute Gasteiger partial charge is 0.379 e. The van der Waals surface area contributed by atoms with Crippen molar-refractivity contribution >= 4 is 0 Å². The summed E-state index contributed by atoms with van der Waals surface area (Å²) in [4.78, 5) is 4.71. The molecular formula is C14H28N2O3. The molecule has 0 saturated carbocycles. The lowest BCUT2D eigenvalue weighted by Gasteiger charge is -2.41. The minimum atomic E-state index is 0.131. The van der Waals surface area contributed by atoms with Crippen molar-refractivity contribution < 1.29 is 14.2 Å². The SMILES string of the molecule is CC1CN(C(C)OC(C)N2CCOCC2)CC(C)O1. The van der Waals surface area contributed by atoms with Gasteiger partial charge in [-0.2, -0.15) is 0 Å². The zero-order valence-electron chi connectivity index (χ0n) is 12.7. The molecule has 0 aromatic heterocycles. The van der Waals surface area contributed by atoms with Crippen molar-refractivity contribution in [3.05, 3.63) is 0 Å². The molecule has 4 atom stereocenters. The van der Waals surface area contributed by atoms with Gasteiger partial charge in [-0.25, -0.2) is 0 Å². The summed E-state index contributed by atoms with van der Waals surface area (Å²) in [5.41, 5.74) is 0. The van der Waals surface area contributed by atoms with Gasteiger partial charge in [-0.1, -0.05) is 0 Å². The van der Waals surface area contributed by atoms with Crippen LogP contribution in [-0.2, 0) is 14.2 Å². The van der Waals surface area contributed by atoms with Gasteiger partial charge in [0.1, 0.15) is 12.5 Å². The fourth-order valence-corrected chi connectivity index (χ4v) is 2.91. The van der Waals surface area contributed by atoms with E-state index in [4.69, 9.17) is 14.2 Å². The number of nitrogens with zero attached hydrogens (tertiary/aromatic N) is 2. The minimum Gasteiger partial charge on any atom is -0.379 e. The molecule has 19 heavy (non-hydrogen) atoms. The fourth-order valence-electron chi connectivity index (χ4n) is 2.91. The van der Waals surface area contributed by atoms with Crippen LogP contribution in [0.3, 0.4) is 0 Å². The lowest BCUT2D eigenvalue weighted by atomic mass is 10.2. The van der Waals surface area contributed by atoms with E-state index in [-0.39, 0.29) is 24.7 Å². The molecule has 0 radical (unpaired) electrons. The average Bonchev–Trinajstić information content (AvgIpc) is 2.38. The molecule has 2 aliphatic heterocycles. The van der Waals surface area contributed by atoms with Crippen molar-refractivity contribution in [2.45, 2.75) is 52.4 Å². The Labute approximate surface area is 116 Å². The lowest BCUT2D eigenvalue weighted by Crippen LogP contribution is -2.52. The third kappa shape index (κ3) is 4.39. The van der Waals surface area contributed by atoms with Crippen LogP contribution >= 0.6 is 0 Å². The van der Waals surface area contributed by atoms with Gasteiger partial charge >= 0.3 is 0 Å². The summed E-state index contributed by atoms with van der Waals surface area (Å²) in [6.07, 6.45) is 0.848. The molecule has 0 N–H and O–H groups in total. The second kappa shape index (κ2) is 6.99. The van der Waals surface area contributed by atoms with Crippen molar-refractivity contribution in [2.75, 3.05) is 39.4 Å². The molecule has 5 nitrogen and oxygen atoms in total. The summed E-state index contributed by atoms with van der Waals surface area (Å²) in [5.74, 6) is 0. The molecular weight excluding hydrogens is 244 g/mol. The van der Waals surface area contributed by atoms with Crippen LogP contribution in [0.4, 0.5) is 0 Å². The van der Waals surface area contributed by atoms with Crippen LogP contribution < -0.4 is 0 Å². The van der Waals surface area contributed by atoms with Gasteiger partial charge in [-0.15, -0.1) is 0 Å². The first-order chi connectivity index (χ1) is 9.06. The number of rotatable bonds is 4. The molecule has 0 aromatic rings. The first-order valence-electron chi connectivity index (χ1n) is 7.43. The van der Waals surface area contributed by atoms with E-state index in [0.29, 0.717) is 0 Å². The molecule has 0 spiro atoms. The van der Waals surface area contributed by atoms with Gasteiger partial charge in [0.15, 0.2) is 0 Å². The third-order valence-corrected chi connectivity index (χ3v) is 3.92. The van der Waals surface area contributed by atoms with E-state index < -0.39 is 0 Å². The fraction of sp³-hybridized carbons (Fsp3) is 1.00. The molecule has 0 amide bonds.